The number of hydrogen-bond acceptors (Lipinski definition) is 3. The Bertz CT molecular complexity index is 971. The van der Waals surface area contributed by atoms with E-state index < -0.39 is 0 Å². The number of carbonyl (C=O) groups excluding carboxylic acids is 1. The first kappa shape index (κ1) is 18.0. The molecule has 2 heterocycles. The summed E-state index contributed by atoms with van der Waals surface area (Å²) in [5.74, 6) is -0.406. The summed E-state index contributed by atoms with van der Waals surface area (Å²) in [7, 11) is 0. The molecule has 3 nitrogen and oxygen atoms in total. The fourth-order valence-electron chi connectivity index (χ4n) is 3.33. The van der Waals surface area contributed by atoms with Crippen molar-refractivity contribution in [2.45, 2.75) is 19.4 Å². The Balaban J connectivity index is 1.41. The van der Waals surface area contributed by atoms with Gasteiger partial charge in [0.1, 0.15) is 5.82 Å². The standard InChI is InChI=1S/C21H18ClFN2OS/c22-20-8-6-18(27-20)13-25-10-9-15-12-17(5-7-19(15)25)24-21(26)11-14-1-3-16(23)4-2-14/h1-8,12H,9-11,13H2,(H,24,26). The number of nitrogens with one attached hydrogen (secondary N) is 1. The molecule has 0 fully saturated rings. The molecule has 0 spiro atoms. The van der Waals surface area contributed by atoms with Crippen molar-refractivity contribution < 1.29 is 9.18 Å². The Kier molecular flexibility index (Phi) is 5.14. The van der Waals surface area contributed by atoms with E-state index in [-0.39, 0.29) is 18.1 Å². The van der Waals surface area contributed by atoms with Gasteiger partial charge in [0.25, 0.3) is 0 Å². The predicted molar refractivity (Wildman–Crippen MR) is 109 cm³/mol. The number of fused-ring (bicyclic) bond motifs is 1. The lowest BCUT2D eigenvalue weighted by Gasteiger charge is -2.18. The van der Waals surface area contributed by atoms with E-state index in [1.165, 1.54) is 28.3 Å². The molecule has 138 valence electrons. The Morgan fingerprint density at radius 3 is 2.70 bits per heavy atom. The molecule has 3 aromatic rings. The summed E-state index contributed by atoms with van der Waals surface area (Å²) in [6.45, 7) is 1.80. The molecule has 1 N–H and O–H groups in total. The van der Waals surface area contributed by atoms with E-state index in [1.807, 2.05) is 18.2 Å². The van der Waals surface area contributed by atoms with E-state index in [4.69, 9.17) is 11.6 Å². The molecule has 1 aromatic heterocycles. The van der Waals surface area contributed by atoms with Crippen LogP contribution < -0.4 is 10.2 Å². The fourth-order valence-corrected chi connectivity index (χ4v) is 4.43. The van der Waals surface area contributed by atoms with Crippen LogP contribution in [0.1, 0.15) is 16.0 Å². The highest BCUT2D eigenvalue weighted by Crippen LogP contribution is 2.33. The maximum absolute atomic E-state index is 13.0. The van der Waals surface area contributed by atoms with Gasteiger partial charge in [0, 0.05) is 22.8 Å². The van der Waals surface area contributed by atoms with E-state index in [0.717, 1.165) is 35.1 Å². The summed E-state index contributed by atoms with van der Waals surface area (Å²) >= 11 is 7.63. The number of nitrogens with zero attached hydrogens (tertiary/aromatic N) is 1. The Morgan fingerprint density at radius 1 is 1.15 bits per heavy atom. The van der Waals surface area contributed by atoms with Gasteiger partial charge in [-0.05, 0) is 60.0 Å². The summed E-state index contributed by atoms with van der Waals surface area (Å²) in [4.78, 5) is 15.8. The number of anilines is 2. The summed E-state index contributed by atoms with van der Waals surface area (Å²) in [5, 5.41) is 2.94. The predicted octanol–water partition coefficient (Wildman–Crippen LogP) is 5.28. The van der Waals surface area contributed by atoms with E-state index in [1.54, 1.807) is 23.5 Å². The van der Waals surface area contributed by atoms with E-state index in [0.29, 0.717) is 0 Å². The van der Waals surface area contributed by atoms with Gasteiger partial charge in [-0.1, -0.05) is 23.7 Å². The highest BCUT2D eigenvalue weighted by atomic mass is 35.5. The molecule has 0 radical (unpaired) electrons. The van der Waals surface area contributed by atoms with Crippen LogP contribution in [0, 0.1) is 5.82 Å². The number of hydrogen-bond donors (Lipinski definition) is 1. The zero-order valence-corrected chi connectivity index (χ0v) is 16.1. The van der Waals surface area contributed by atoms with Gasteiger partial charge in [0.05, 0.1) is 17.3 Å². The third-order valence-corrected chi connectivity index (χ3v) is 5.82. The minimum absolute atomic E-state index is 0.107. The smallest absolute Gasteiger partial charge is 0.228 e. The quantitative estimate of drug-likeness (QED) is 0.631. The van der Waals surface area contributed by atoms with E-state index in [9.17, 15) is 9.18 Å². The molecule has 0 aliphatic carbocycles. The van der Waals surface area contributed by atoms with Crippen LogP contribution in [0.5, 0.6) is 0 Å². The highest BCUT2D eigenvalue weighted by molar-refractivity contribution is 7.16. The molecule has 27 heavy (non-hydrogen) atoms. The molecule has 4 rings (SSSR count). The molecule has 1 amide bonds. The van der Waals surface area contributed by atoms with Crippen LogP contribution in [0.15, 0.2) is 54.6 Å². The van der Waals surface area contributed by atoms with Crippen LogP contribution in [-0.4, -0.2) is 12.5 Å². The van der Waals surface area contributed by atoms with Crippen molar-refractivity contribution in [1.29, 1.82) is 0 Å². The molecular formula is C21H18ClFN2OS. The largest absolute Gasteiger partial charge is 0.366 e. The summed E-state index contributed by atoms with van der Waals surface area (Å²) in [5.41, 5.74) is 4.02. The first-order valence-electron chi connectivity index (χ1n) is 8.73. The van der Waals surface area contributed by atoms with Crippen molar-refractivity contribution >= 4 is 40.2 Å². The highest BCUT2D eigenvalue weighted by Gasteiger charge is 2.20. The number of halogens is 2. The number of benzene rings is 2. The van der Waals surface area contributed by atoms with Crippen molar-refractivity contribution in [2.24, 2.45) is 0 Å². The van der Waals surface area contributed by atoms with Gasteiger partial charge in [0.2, 0.25) is 5.91 Å². The van der Waals surface area contributed by atoms with E-state index >= 15 is 0 Å². The maximum atomic E-state index is 13.0. The van der Waals surface area contributed by atoms with Gasteiger partial charge in [-0.25, -0.2) is 4.39 Å². The van der Waals surface area contributed by atoms with Gasteiger partial charge < -0.3 is 10.2 Å². The molecule has 1 aliphatic heterocycles. The number of amides is 1. The van der Waals surface area contributed by atoms with Gasteiger partial charge in [0.15, 0.2) is 0 Å². The molecule has 0 bridgehead atoms. The molecule has 2 aromatic carbocycles. The lowest BCUT2D eigenvalue weighted by molar-refractivity contribution is -0.115. The minimum Gasteiger partial charge on any atom is -0.366 e. The Hall–Kier alpha value is -2.37. The van der Waals surface area contributed by atoms with Crippen LogP contribution in [0.4, 0.5) is 15.8 Å². The second kappa shape index (κ2) is 7.71. The molecule has 1 aliphatic rings. The Morgan fingerprint density at radius 2 is 1.96 bits per heavy atom. The molecule has 6 heteroatoms. The summed E-state index contributed by atoms with van der Waals surface area (Å²) in [6, 6.07) is 16.0. The summed E-state index contributed by atoms with van der Waals surface area (Å²) in [6.07, 6.45) is 1.18. The summed E-state index contributed by atoms with van der Waals surface area (Å²) < 4.78 is 13.8. The second-order valence-electron chi connectivity index (χ2n) is 6.57. The van der Waals surface area contributed by atoms with Gasteiger partial charge >= 0.3 is 0 Å². The van der Waals surface area contributed by atoms with Gasteiger partial charge in [-0.15, -0.1) is 11.3 Å². The average molecular weight is 401 g/mol. The SMILES string of the molecule is O=C(Cc1ccc(F)cc1)Nc1ccc2c(c1)CCN2Cc1ccc(Cl)s1. The monoisotopic (exact) mass is 400 g/mol. The van der Waals surface area contributed by atoms with Crippen LogP contribution in [0.25, 0.3) is 0 Å². The van der Waals surface area contributed by atoms with Crippen LogP contribution in [0.3, 0.4) is 0 Å². The lowest BCUT2D eigenvalue weighted by atomic mass is 10.1. The third-order valence-electron chi connectivity index (χ3n) is 4.61. The van der Waals surface area contributed by atoms with Crippen LogP contribution in [-0.2, 0) is 24.2 Å². The van der Waals surface area contributed by atoms with Crippen molar-refractivity contribution in [1.82, 2.24) is 0 Å². The zero-order chi connectivity index (χ0) is 18.8. The molecule has 0 saturated carbocycles. The Labute approximate surface area is 166 Å². The van der Waals surface area contributed by atoms with Crippen molar-refractivity contribution in [3.8, 4) is 0 Å². The maximum Gasteiger partial charge on any atom is 0.228 e. The zero-order valence-electron chi connectivity index (χ0n) is 14.5. The topological polar surface area (TPSA) is 32.3 Å². The normalized spacial score (nSPS) is 12.9. The van der Waals surface area contributed by atoms with Crippen molar-refractivity contribution in [2.75, 3.05) is 16.8 Å². The van der Waals surface area contributed by atoms with Crippen molar-refractivity contribution in [3.05, 3.63) is 80.8 Å². The third kappa shape index (κ3) is 4.31. The number of rotatable bonds is 5. The van der Waals surface area contributed by atoms with Gasteiger partial charge in [-0.3, -0.25) is 4.79 Å². The second-order valence-corrected chi connectivity index (χ2v) is 8.37. The molecular weight excluding hydrogens is 383 g/mol. The van der Waals surface area contributed by atoms with E-state index in [2.05, 4.69) is 22.3 Å². The van der Waals surface area contributed by atoms with Crippen molar-refractivity contribution in [3.63, 3.8) is 0 Å². The first-order valence-corrected chi connectivity index (χ1v) is 9.93. The number of carbonyl (C=O) groups is 1. The first-order chi connectivity index (χ1) is 13.1. The average Bonchev–Trinajstić information content (AvgIpc) is 3.23. The fraction of sp³-hybridized carbons (Fsp3) is 0.190. The van der Waals surface area contributed by atoms with Crippen LogP contribution >= 0.6 is 22.9 Å². The number of thiophene rings is 1. The van der Waals surface area contributed by atoms with Crippen LogP contribution in [0.2, 0.25) is 4.34 Å². The van der Waals surface area contributed by atoms with Gasteiger partial charge in [-0.2, -0.15) is 0 Å². The molecule has 0 atom stereocenters. The molecule has 0 unspecified atom stereocenters. The molecule has 0 saturated heterocycles. The lowest BCUT2D eigenvalue weighted by Crippen LogP contribution is -2.18. The minimum atomic E-state index is -0.299.